The molecule has 23 heavy (non-hydrogen) atoms. The molecular weight excluding hydrogens is 298 g/mol. The summed E-state index contributed by atoms with van der Waals surface area (Å²) >= 11 is 0. The molecule has 120 valence electrons. The van der Waals surface area contributed by atoms with Crippen LogP contribution in [0.25, 0.3) is 0 Å². The number of hydrogen-bond donors (Lipinski definition) is 1. The Hall–Kier alpha value is -2.90. The lowest BCUT2D eigenvalue weighted by Gasteiger charge is -2.33. The van der Waals surface area contributed by atoms with Crippen LogP contribution in [0, 0.1) is 0 Å². The second-order valence-corrected chi connectivity index (χ2v) is 5.15. The minimum atomic E-state index is -0.281. The number of amides is 2. The van der Waals surface area contributed by atoms with Gasteiger partial charge < -0.3 is 19.5 Å². The maximum atomic E-state index is 12.2. The van der Waals surface area contributed by atoms with Gasteiger partial charge in [-0.3, -0.25) is 9.59 Å². The zero-order valence-electron chi connectivity index (χ0n) is 12.5. The Balaban J connectivity index is 1.62. The molecule has 3 heterocycles. The van der Waals surface area contributed by atoms with Gasteiger partial charge in [0.1, 0.15) is 23.6 Å². The van der Waals surface area contributed by atoms with Crippen molar-refractivity contribution in [2.24, 2.45) is 0 Å². The number of nitrogens with one attached hydrogen (secondary N) is 1. The Labute approximate surface area is 133 Å². The molecule has 2 amide bonds. The summed E-state index contributed by atoms with van der Waals surface area (Å²) in [6, 6.07) is 5.22. The molecule has 2 aromatic heterocycles. The van der Waals surface area contributed by atoms with Crippen LogP contribution in [0.1, 0.15) is 16.2 Å². The van der Waals surface area contributed by atoms with Crippen LogP contribution in [0.4, 0.5) is 5.82 Å². The molecular formula is C15H17N5O3. The Morgan fingerprint density at radius 1 is 1.30 bits per heavy atom. The predicted octanol–water partition coefficient (Wildman–Crippen LogP) is 0.278. The first kappa shape index (κ1) is 15.0. The first-order chi connectivity index (χ1) is 11.3. The highest BCUT2D eigenvalue weighted by molar-refractivity contribution is 5.92. The van der Waals surface area contributed by atoms with Crippen LogP contribution < -0.4 is 10.2 Å². The normalized spacial score (nSPS) is 14.6. The zero-order valence-corrected chi connectivity index (χ0v) is 12.5. The van der Waals surface area contributed by atoms with Gasteiger partial charge >= 0.3 is 0 Å². The monoisotopic (exact) mass is 315 g/mol. The number of furan rings is 1. The van der Waals surface area contributed by atoms with Gasteiger partial charge in [-0.25, -0.2) is 9.97 Å². The van der Waals surface area contributed by atoms with Crippen molar-refractivity contribution in [3.63, 3.8) is 0 Å². The molecule has 1 aliphatic rings. The molecule has 0 aliphatic carbocycles. The fraction of sp³-hybridized carbons (Fsp3) is 0.333. The van der Waals surface area contributed by atoms with Gasteiger partial charge in [0.2, 0.25) is 6.41 Å². The van der Waals surface area contributed by atoms with Gasteiger partial charge in [-0.05, 0) is 12.1 Å². The number of carbonyl (C=O) groups excluding carboxylic acids is 2. The van der Waals surface area contributed by atoms with Gasteiger partial charge in [0.05, 0.1) is 12.8 Å². The van der Waals surface area contributed by atoms with Crippen LogP contribution in [-0.2, 0) is 11.3 Å². The minimum absolute atomic E-state index is 0.281. The zero-order chi connectivity index (χ0) is 16.1. The number of nitrogens with zero attached hydrogens (tertiary/aromatic N) is 4. The van der Waals surface area contributed by atoms with Crippen molar-refractivity contribution in [1.29, 1.82) is 0 Å². The highest BCUT2D eigenvalue weighted by Crippen LogP contribution is 2.13. The number of carbonyl (C=O) groups is 2. The molecule has 8 nitrogen and oxygen atoms in total. The van der Waals surface area contributed by atoms with Crippen molar-refractivity contribution >= 4 is 18.1 Å². The van der Waals surface area contributed by atoms with E-state index >= 15 is 0 Å². The lowest BCUT2D eigenvalue weighted by atomic mass is 10.3. The molecule has 0 spiro atoms. The van der Waals surface area contributed by atoms with Crippen molar-refractivity contribution in [3.05, 3.63) is 42.2 Å². The topological polar surface area (TPSA) is 91.6 Å². The van der Waals surface area contributed by atoms with E-state index in [9.17, 15) is 9.59 Å². The number of anilines is 1. The van der Waals surface area contributed by atoms with E-state index in [1.165, 1.54) is 6.33 Å². The van der Waals surface area contributed by atoms with Crippen LogP contribution in [-0.4, -0.2) is 53.4 Å². The third-order valence-electron chi connectivity index (χ3n) is 3.68. The molecule has 1 saturated heterocycles. The van der Waals surface area contributed by atoms with E-state index in [4.69, 9.17) is 4.42 Å². The van der Waals surface area contributed by atoms with Gasteiger partial charge in [-0.15, -0.1) is 0 Å². The highest BCUT2D eigenvalue weighted by atomic mass is 16.3. The summed E-state index contributed by atoms with van der Waals surface area (Å²) in [7, 11) is 0. The van der Waals surface area contributed by atoms with Crippen LogP contribution in [0.3, 0.4) is 0 Å². The summed E-state index contributed by atoms with van der Waals surface area (Å²) in [6.07, 6.45) is 3.79. The lowest BCUT2D eigenvalue weighted by molar-refractivity contribution is -0.118. The molecule has 1 N–H and O–H groups in total. The van der Waals surface area contributed by atoms with E-state index < -0.39 is 0 Å². The Kier molecular flexibility index (Phi) is 4.51. The standard InChI is InChI=1S/C15H17N5O3/c21-11-19-3-5-20(6-4-19)14-8-13(17-10-18-14)15(22)16-9-12-2-1-7-23-12/h1-2,7-8,10-11H,3-6,9H2,(H,16,22). The first-order valence-electron chi connectivity index (χ1n) is 7.33. The van der Waals surface area contributed by atoms with Gasteiger partial charge in [-0.1, -0.05) is 0 Å². The third-order valence-corrected chi connectivity index (χ3v) is 3.68. The first-order valence-corrected chi connectivity index (χ1v) is 7.33. The average Bonchev–Trinajstić information content (AvgIpc) is 3.13. The number of piperazine rings is 1. The van der Waals surface area contributed by atoms with E-state index in [1.54, 1.807) is 29.4 Å². The van der Waals surface area contributed by atoms with Crippen LogP contribution >= 0.6 is 0 Å². The number of hydrogen-bond acceptors (Lipinski definition) is 6. The summed E-state index contributed by atoms with van der Waals surface area (Å²) in [5, 5.41) is 2.75. The maximum absolute atomic E-state index is 12.2. The summed E-state index contributed by atoms with van der Waals surface area (Å²) < 4.78 is 5.17. The van der Waals surface area contributed by atoms with Crippen molar-refractivity contribution < 1.29 is 14.0 Å². The summed E-state index contributed by atoms with van der Waals surface area (Å²) in [5.74, 6) is 1.09. The number of aromatic nitrogens is 2. The molecule has 0 aromatic carbocycles. The Morgan fingerprint density at radius 2 is 2.13 bits per heavy atom. The molecule has 8 heteroatoms. The fourth-order valence-corrected chi connectivity index (χ4v) is 2.37. The highest BCUT2D eigenvalue weighted by Gasteiger charge is 2.18. The molecule has 0 bridgehead atoms. The third kappa shape index (κ3) is 3.65. The second-order valence-electron chi connectivity index (χ2n) is 5.15. The minimum Gasteiger partial charge on any atom is -0.467 e. The summed E-state index contributed by atoms with van der Waals surface area (Å²) in [5.41, 5.74) is 0.305. The molecule has 3 rings (SSSR count). The number of rotatable bonds is 5. The van der Waals surface area contributed by atoms with Gasteiger partial charge in [-0.2, -0.15) is 0 Å². The van der Waals surface area contributed by atoms with Crippen LogP contribution in [0.5, 0.6) is 0 Å². The van der Waals surface area contributed by atoms with Gasteiger partial charge in [0.15, 0.2) is 0 Å². The largest absolute Gasteiger partial charge is 0.467 e. The predicted molar refractivity (Wildman–Crippen MR) is 81.8 cm³/mol. The second kappa shape index (κ2) is 6.91. The SMILES string of the molecule is O=CN1CCN(c2cc(C(=O)NCc3ccco3)ncn2)CC1. The van der Waals surface area contributed by atoms with E-state index in [-0.39, 0.29) is 5.91 Å². The Bertz CT molecular complexity index is 666. The molecule has 2 aromatic rings. The van der Waals surface area contributed by atoms with E-state index in [0.717, 1.165) is 6.41 Å². The van der Waals surface area contributed by atoms with Gasteiger partial charge in [0, 0.05) is 32.2 Å². The summed E-state index contributed by atoms with van der Waals surface area (Å²) in [4.78, 5) is 34.9. The fourth-order valence-electron chi connectivity index (χ4n) is 2.37. The van der Waals surface area contributed by atoms with Crippen molar-refractivity contribution in [2.75, 3.05) is 31.1 Å². The molecule has 0 radical (unpaired) electrons. The molecule has 0 saturated carbocycles. The van der Waals surface area contributed by atoms with Gasteiger partial charge in [0.25, 0.3) is 5.91 Å². The molecule has 0 atom stereocenters. The van der Waals surface area contributed by atoms with Crippen molar-refractivity contribution in [3.8, 4) is 0 Å². The van der Waals surface area contributed by atoms with Crippen LogP contribution in [0.15, 0.2) is 35.2 Å². The van der Waals surface area contributed by atoms with E-state index in [1.807, 2.05) is 4.90 Å². The molecule has 1 aliphatic heterocycles. The Morgan fingerprint density at radius 3 is 2.83 bits per heavy atom. The average molecular weight is 315 g/mol. The van der Waals surface area contributed by atoms with Crippen LogP contribution in [0.2, 0.25) is 0 Å². The molecule has 0 unspecified atom stereocenters. The quantitative estimate of drug-likeness (QED) is 0.797. The summed E-state index contributed by atoms with van der Waals surface area (Å²) in [6.45, 7) is 2.97. The smallest absolute Gasteiger partial charge is 0.270 e. The van der Waals surface area contributed by atoms with Crippen molar-refractivity contribution in [1.82, 2.24) is 20.2 Å². The van der Waals surface area contributed by atoms with Crippen molar-refractivity contribution in [2.45, 2.75) is 6.54 Å². The van der Waals surface area contributed by atoms with E-state index in [2.05, 4.69) is 15.3 Å². The van der Waals surface area contributed by atoms with E-state index in [0.29, 0.717) is 50.0 Å². The lowest BCUT2D eigenvalue weighted by Crippen LogP contribution is -2.46. The maximum Gasteiger partial charge on any atom is 0.270 e. The molecule has 1 fully saturated rings.